The Morgan fingerprint density at radius 3 is 2.21 bits per heavy atom. The van der Waals surface area contributed by atoms with Gasteiger partial charge < -0.3 is 5.73 Å². The third kappa shape index (κ3) is 3.49. The molecule has 19 heavy (non-hydrogen) atoms. The Kier molecular flexibility index (Phi) is 6.05. The summed E-state index contributed by atoms with van der Waals surface area (Å²) >= 11 is 0. The summed E-state index contributed by atoms with van der Waals surface area (Å²) in [5.41, 5.74) is 5.59. The van der Waals surface area contributed by atoms with Gasteiger partial charge in [0.15, 0.2) is 5.83 Å². The van der Waals surface area contributed by atoms with Crippen LogP contribution in [0.25, 0.3) is 0 Å². The van der Waals surface area contributed by atoms with E-state index in [9.17, 15) is 21.6 Å². The zero-order valence-corrected chi connectivity index (χ0v) is 11.6. The van der Waals surface area contributed by atoms with Crippen molar-refractivity contribution in [3.8, 4) is 0 Å². The molecule has 0 atom stereocenters. The Labute approximate surface area is 115 Å². The highest BCUT2D eigenvalue weighted by Gasteiger charge is 2.50. The minimum absolute atomic E-state index is 0. The van der Waals surface area contributed by atoms with Crippen molar-refractivity contribution in [2.75, 3.05) is 6.54 Å². The van der Waals surface area contributed by atoms with Crippen LogP contribution in [0, 0.1) is 6.92 Å². The number of benzene rings is 1. The zero-order chi connectivity index (χ0) is 14.0. The first-order valence-corrected chi connectivity index (χ1v) is 6.47. The van der Waals surface area contributed by atoms with Gasteiger partial charge in [0.25, 0.3) is 9.84 Å². The predicted molar refractivity (Wildman–Crippen MR) is 68.8 cm³/mol. The molecule has 1 rings (SSSR count). The summed E-state index contributed by atoms with van der Waals surface area (Å²) in [6, 6.07) is 4.73. The highest BCUT2D eigenvalue weighted by atomic mass is 35.5. The summed E-state index contributed by atoms with van der Waals surface area (Å²) in [6.07, 6.45) is 0.339. The van der Waals surface area contributed by atoms with E-state index in [-0.39, 0.29) is 12.4 Å². The lowest BCUT2D eigenvalue weighted by Gasteiger charge is -2.15. The fourth-order valence-electron chi connectivity index (χ4n) is 1.22. The highest BCUT2D eigenvalue weighted by Crippen LogP contribution is 2.36. The van der Waals surface area contributed by atoms with Gasteiger partial charge in [-0.05, 0) is 25.1 Å². The van der Waals surface area contributed by atoms with Crippen LogP contribution in [0.1, 0.15) is 5.56 Å². The van der Waals surface area contributed by atoms with Gasteiger partial charge in [0.2, 0.25) is 0 Å². The molecule has 0 bridgehead atoms. The van der Waals surface area contributed by atoms with Gasteiger partial charge in [-0.25, -0.2) is 12.8 Å². The van der Waals surface area contributed by atoms with E-state index in [4.69, 9.17) is 5.73 Å². The summed E-state index contributed by atoms with van der Waals surface area (Å²) < 4.78 is 63.3. The lowest BCUT2D eigenvalue weighted by molar-refractivity contribution is 0.105. The second-order valence-electron chi connectivity index (χ2n) is 3.62. The summed E-state index contributed by atoms with van der Waals surface area (Å²) in [7, 11) is -5.11. The molecule has 3 nitrogen and oxygen atoms in total. The topological polar surface area (TPSA) is 60.2 Å². The fraction of sp³-hybridized carbons (Fsp3) is 0.273. The van der Waals surface area contributed by atoms with Crippen LogP contribution in [0.15, 0.2) is 41.1 Å². The molecule has 0 radical (unpaired) electrons. The SMILES string of the molecule is Cc1ccc(S(=O)(=O)C(F)(F)/C(F)=C/CN)cc1.Cl. The monoisotopic (exact) mass is 315 g/mol. The number of sulfone groups is 1. The molecule has 0 fully saturated rings. The highest BCUT2D eigenvalue weighted by molar-refractivity contribution is 7.92. The van der Waals surface area contributed by atoms with Crippen LogP contribution in [-0.4, -0.2) is 20.2 Å². The van der Waals surface area contributed by atoms with E-state index in [0.717, 1.165) is 12.1 Å². The van der Waals surface area contributed by atoms with Gasteiger partial charge in [0, 0.05) is 6.54 Å². The molecule has 0 heterocycles. The van der Waals surface area contributed by atoms with Crippen LogP contribution in [0.4, 0.5) is 13.2 Å². The van der Waals surface area contributed by atoms with Gasteiger partial charge in [0.05, 0.1) is 4.90 Å². The van der Waals surface area contributed by atoms with Crippen molar-refractivity contribution in [1.82, 2.24) is 0 Å². The van der Waals surface area contributed by atoms with E-state index in [2.05, 4.69) is 0 Å². The number of hydrogen-bond acceptors (Lipinski definition) is 3. The van der Waals surface area contributed by atoms with Crippen molar-refractivity contribution in [3.05, 3.63) is 41.7 Å². The van der Waals surface area contributed by atoms with E-state index < -0.39 is 32.4 Å². The molecule has 0 spiro atoms. The molecular weight excluding hydrogens is 303 g/mol. The van der Waals surface area contributed by atoms with Crippen LogP contribution in [0.3, 0.4) is 0 Å². The maximum Gasteiger partial charge on any atom is 0.400 e. The molecule has 8 heteroatoms. The first kappa shape index (κ1) is 17.9. The molecule has 0 unspecified atom stereocenters. The molecule has 1 aromatic carbocycles. The average molecular weight is 316 g/mol. The number of nitrogens with two attached hydrogens (primary N) is 1. The molecule has 0 aliphatic carbocycles. The summed E-state index contributed by atoms with van der Waals surface area (Å²) in [5.74, 6) is -2.06. The molecule has 0 amide bonds. The van der Waals surface area contributed by atoms with Crippen molar-refractivity contribution in [2.45, 2.75) is 17.1 Å². The van der Waals surface area contributed by atoms with E-state index in [0.29, 0.717) is 11.6 Å². The Hall–Kier alpha value is -1.05. The van der Waals surface area contributed by atoms with Crippen LogP contribution in [-0.2, 0) is 9.84 Å². The second kappa shape index (κ2) is 6.40. The summed E-state index contributed by atoms with van der Waals surface area (Å²) in [5, 5.41) is -4.61. The van der Waals surface area contributed by atoms with Gasteiger partial charge >= 0.3 is 5.25 Å². The third-order valence-electron chi connectivity index (χ3n) is 2.24. The maximum atomic E-state index is 13.5. The standard InChI is InChI=1S/C11H12F3NO2S.ClH/c1-8-2-4-9(5-3-8)18(16,17)11(13,14)10(12)6-7-15;/h2-6H,7,15H2,1H3;1H/b10-6-;. The number of hydrogen-bond donors (Lipinski definition) is 1. The quantitative estimate of drug-likeness (QED) is 0.929. The van der Waals surface area contributed by atoms with Gasteiger partial charge in [-0.15, -0.1) is 12.4 Å². The minimum atomic E-state index is -5.11. The first-order chi connectivity index (χ1) is 8.23. The molecule has 0 aliphatic rings. The van der Waals surface area contributed by atoms with E-state index in [1.54, 1.807) is 6.92 Å². The second-order valence-corrected chi connectivity index (χ2v) is 5.61. The van der Waals surface area contributed by atoms with E-state index in [1.807, 2.05) is 0 Å². The summed E-state index contributed by atoms with van der Waals surface area (Å²) in [4.78, 5) is -0.640. The summed E-state index contributed by atoms with van der Waals surface area (Å²) in [6.45, 7) is 1.16. The minimum Gasteiger partial charge on any atom is -0.327 e. The Bertz CT molecular complexity index is 556. The van der Waals surface area contributed by atoms with Crippen LogP contribution in [0.5, 0.6) is 0 Å². The Morgan fingerprint density at radius 1 is 1.32 bits per heavy atom. The van der Waals surface area contributed by atoms with Crippen LogP contribution in [0.2, 0.25) is 0 Å². The largest absolute Gasteiger partial charge is 0.400 e. The van der Waals surface area contributed by atoms with Gasteiger partial charge in [-0.3, -0.25) is 0 Å². The fourth-order valence-corrected chi connectivity index (χ4v) is 2.35. The lowest BCUT2D eigenvalue weighted by atomic mass is 10.2. The third-order valence-corrected chi connectivity index (χ3v) is 4.01. The Morgan fingerprint density at radius 2 is 1.79 bits per heavy atom. The zero-order valence-electron chi connectivity index (χ0n) is 9.94. The van der Waals surface area contributed by atoms with Crippen molar-refractivity contribution in [1.29, 1.82) is 0 Å². The molecular formula is C11H13ClF3NO2S. The number of alkyl halides is 2. The molecule has 108 valence electrons. The Balaban J connectivity index is 0.00000324. The maximum absolute atomic E-state index is 13.5. The van der Waals surface area contributed by atoms with Gasteiger partial charge in [-0.1, -0.05) is 17.7 Å². The molecule has 1 aromatic rings. The molecule has 0 saturated heterocycles. The van der Waals surface area contributed by atoms with Gasteiger partial charge in [-0.2, -0.15) is 8.78 Å². The number of halogens is 4. The van der Waals surface area contributed by atoms with E-state index in [1.165, 1.54) is 12.1 Å². The molecule has 2 N–H and O–H groups in total. The first-order valence-electron chi connectivity index (χ1n) is 4.99. The lowest BCUT2D eigenvalue weighted by Crippen LogP contribution is -2.30. The predicted octanol–water partition coefficient (Wildman–Crippen LogP) is 2.60. The molecule has 0 aliphatic heterocycles. The smallest absolute Gasteiger partial charge is 0.327 e. The van der Waals surface area contributed by atoms with Gasteiger partial charge in [0.1, 0.15) is 0 Å². The van der Waals surface area contributed by atoms with Crippen molar-refractivity contribution in [3.63, 3.8) is 0 Å². The normalized spacial score (nSPS) is 13.0. The average Bonchev–Trinajstić information content (AvgIpc) is 2.29. The van der Waals surface area contributed by atoms with Crippen LogP contribution >= 0.6 is 12.4 Å². The number of aryl methyl sites for hydroxylation is 1. The van der Waals surface area contributed by atoms with Crippen molar-refractivity contribution >= 4 is 22.2 Å². The molecule has 0 saturated carbocycles. The molecule has 0 aromatic heterocycles. The number of rotatable bonds is 4. The van der Waals surface area contributed by atoms with Crippen LogP contribution < -0.4 is 5.73 Å². The van der Waals surface area contributed by atoms with Crippen molar-refractivity contribution < 1.29 is 21.6 Å². The van der Waals surface area contributed by atoms with E-state index >= 15 is 0 Å². The van der Waals surface area contributed by atoms with Crippen molar-refractivity contribution in [2.24, 2.45) is 5.73 Å².